The smallest absolute Gasteiger partial charge is 0.410 e. The van der Waals surface area contributed by atoms with Gasteiger partial charge in [0, 0.05) is 62.4 Å². The van der Waals surface area contributed by atoms with Gasteiger partial charge in [-0.15, -0.1) is 0 Å². The van der Waals surface area contributed by atoms with Gasteiger partial charge in [-0.2, -0.15) is 0 Å². The zero-order valence-corrected chi connectivity index (χ0v) is 24.6. The van der Waals surface area contributed by atoms with E-state index in [1.807, 2.05) is 40.1 Å². The van der Waals surface area contributed by atoms with Crippen molar-refractivity contribution in [2.75, 3.05) is 37.6 Å². The molecular weight excluding hydrogens is 520 g/mol. The number of imidazole rings is 1. The number of carbonyl (C=O) groups is 2. The van der Waals surface area contributed by atoms with E-state index in [2.05, 4.69) is 39.9 Å². The number of rotatable bonds is 6. The normalized spacial score (nSPS) is 20.3. The number of carbonyl (C=O) groups excluding carboxylic acids is 2. The Hall–Kier alpha value is -3.82. The van der Waals surface area contributed by atoms with E-state index in [-0.39, 0.29) is 24.0 Å². The van der Waals surface area contributed by atoms with Gasteiger partial charge in [-0.05, 0) is 71.2 Å². The van der Waals surface area contributed by atoms with Crippen LogP contribution in [0.15, 0.2) is 30.6 Å². The average Bonchev–Trinajstić information content (AvgIpc) is 3.52. The van der Waals surface area contributed by atoms with Crippen molar-refractivity contribution in [1.29, 1.82) is 0 Å². The summed E-state index contributed by atoms with van der Waals surface area (Å²) in [6.07, 6.45) is 4.23. The third kappa shape index (κ3) is 5.83. The van der Waals surface area contributed by atoms with E-state index in [0.29, 0.717) is 38.0 Å². The fraction of sp³-hybridized carbons (Fsp3) is 0.548. The summed E-state index contributed by atoms with van der Waals surface area (Å²) in [7, 11) is 0. The maximum absolute atomic E-state index is 12.5. The van der Waals surface area contributed by atoms with Gasteiger partial charge < -0.3 is 29.2 Å². The van der Waals surface area contributed by atoms with Gasteiger partial charge in [-0.1, -0.05) is 6.07 Å². The molecule has 1 N–H and O–H groups in total. The number of pyridine rings is 1. The van der Waals surface area contributed by atoms with Crippen molar-refractivity contribution in [3.05, 3.63) is 36.2 Å². The molecule has 10 heteroatoms. The van der Waals surface area contributed by atoms with Crippen molar-refractivity contribution in [1.82, 2.24) is 24.8 Å². The highest BCUT2D eigenvalue weighted by Gasteiger charge is 2.32. The highest BCUT2D eigenvalue weighted by atomic mass is 16.6. The molecule has 1 aromatic carbocycles. The predicted molar refractivity (Wildman–Crippen MR) is 157 cm³/mol. The van der Waals surface area contributed by atoms with Crippen LogP contribution >= 0.6 is 0 Å². The molecular formula is C31H40N6O4. The molecule has 1 saturated carbocycles. The molecule has 3 aromatic rings. The van der Waals surface area contributed by atoms with Crippen LogP contribution < -0.4 is 15.0 Å². The van der Waals surface area contributed by atoms with Crippen LogP contribution in [-0.2, 0) is 9.53 Å². The number of hydrogen-bond acceptors (Lipinski definition) is 7. The van der Waals surface area contributed by atoms with E-state index < -0.39 is 5.60 Å². The van der Waals surface area contributed by atoms with E-state index in [4.69, 9.17) is 19.4 Å². The van der Waals surface area contributed by atoms with Crippen LogP contribution in [0, 0.1) is 12.8 Å². The number of aryl methyl sites for hydroxylation is 1. The van der Waals surface area contributed by atoms with Gasteiger partial charge in [-0.25, -0.2) is 14.8 Å². The summed E-state index contributed by atoms with van der Waals surface area (Å²) in [5.74, 6) is 0.758. The van der Waals surface area contributed by atoms with E-state index in [0.717, 1.165) is 59.5 Å². The number of amides is 2. The Morgan fingerprint density at radius 2 is 1.88 bits per heavy atom. The third-order valence-corrected chi connectivity index (χ3v) is 8.20. The Morgan fingerprint density at radius 1 is 1.12 bits per heavy atom. The quantitative estimate of drug-likeness (QED) is 0.466. The molecule has 10 nitrogen and oxygen atoms in total. The highest BCUT2D eigenvalue weighted by molar-refractivity contribution is 5.85. The molecule has 1 aliphatic carbocycles. The lowest BCUT2D eigenvalue weighted by molar-refractivity contribution is -0.119. The third-order valence-electron chi connectivity index (χ3n) is 8.20. The van der Waals surface area contributed by atoms with Crippen LogP contribution in [0.4, 0.5) is 10.5 Å². The van der Waals surface area contributed by atoms with Crippen molar-refractivity contribution < 1.29 is 19.1 Å². The summed E-state index contributed by atoms with van der Waals surface area (Å²) in [5.41, 5.74) is 5.40. The van der Waals surface area contributed by atoms with Crippen LogP contribution in [0.1, 0.15) is 58.6 Å². The van der Waals surface area contributed by atoms with E-state index >= 15 is 0 Å². The molecule has 2 aromatic heterocycles. The largest absolute Gasteiger partial charge is 0.473 e. The van der Waals surface area contributed by atoms with Crippen LogP contribution in [-0.4, -0.2) is 75.9 Å². The van der Waals surface area contributed by atoms with Crippen molar-refractivity contribution in [3.63, 3.8) is 0 Å². The Kier molecular flexibility index (Phi) is 7.03. The molecule has 2 aliphatic heterocycles. The summed E-state index contributed by atoms with van der Waals surface area (Å²) in [4.78, 5) is 38.2. The minimum absolute atomic E-state index is 0.0714. The zero-order chi connectivity index (χ0) is 28.9. The number of nitrogens with one attached hydrogen (secondary N) is 1. The Morgan fingerprint density at radius 3 is 2.51 bits per heavy atom. The minimum atomic E-state index is -0.497. The number of fused-ring (bicyclic) bond motifs is 1. The first kappa shape index (κ1) is 27.4. The number of aromatic nitrogens is 3. The molecule has 0 radical (unpaired) electrons. The summed E-state index contributed by atoms with van der Waals surface area (Å²) >= 11 is 0. The molecule has 0 spiro atoms. The standard InChI is InChI=1S/C31H40N6O4/c1-19-14-21(6-9-26(19)35-10-12-36(13-11-35)30(39)41-31(3,4)5)24-16-25-28(37(18-33-25)23-7-8-23)29(34-24)40-20(2)22-15-27(38)32-17-22/h6,9,14,16,18,20,22-23H,7-8,10-13,15,17H2,1-5H3,(H,32,38)/t20-,22-/m1/s1. The summed E-state index contributed by atoms with van der Waals surface area (Å²) in [6.45, 7) is 13.2. The first-order valence-corrected chi connectivity index (χ1v) is 14.7. The van der Waals surface area contributed by atoms with Crippen molar-refractivity contribution >= 4 is 28.7 Å². The van der Waals surface area contributed by atoms with Crippen molar-refractivity contribution in [3.8, 4) is 17.1 Å². The predicted octanol–water partition coefficient (Wildman–Crippen LogP) is 4.70. The first-order chi connectivity index (χ1) is 19.6. The molecule has 2 amide bonds. The molecule has 2 atom stereocenters. The molecule has 41 heavy (non-hydrogen) atoms. The van der Waals surface area contributed by atoms with Gasteiger partial charge in [0.05, 0.1) is 17.5 Å². The molecule has 6 rings (SSSR count). The fourth-order valence-electron chi connectivity index (χ4n) is 5.74. The number of anilines is 1. The number of piperazine rings is 1. The first-order valence-electron chi connectivity index (χ1n) is 14.7. The SMILES string of the molecule is Cc1cc(-c2cc3ncn(C4CC4)c3c(O[C@H](C)[C@H]3CNC(=O)C3)n2)ccc1N1CCN(C(=O)OC(C)(C)C)CC1. The van der Waals surface area contributed by atoms with Crippen LogP contribution in [0.2, 0.25) is 0 Å². The van der Waals surface area contributed by atoms with Crippen LogP contribution in [0.25, 0.3) is 22.3 Å². The minimum Gasteiger partial charge on any atom is -0.473 e. The van der Waals surface area contributed by atoms with E-state index in [1.54, 1.807) is 4.90 Å². The second kappa shape index (κ2) is 10.5. The second-order valence-corrected chi connectivity index (χ2v) is 12.6. The molecule has 218 valence electrons. The Balaban J connectivity index is 1.23. The maximum Gasteiger partial charge on any atom is 0.410 e. The molecule has 4 heterocycles. The van der Waals surface area contributed by atoms with Crippen molar-refractivity contribution in [2.24, 2.45) is 5.92 Å². The van der Waals surface area contributed by atoms with Crippen LogP contribution in [0.3, 0.4) is 0 Å². The molecule has 0 unspecified atom stereocenters. The van der Waals surface area contributed by atoms with Gasteiger partial charge in [0.25, 0.3) is 0 Å². The zero-order valence-electron chi connectivity index (χ0n) is 24.6. The number of ether oxygens (including phenoxy) is 2. The second-order valence-electron chi connectivity index (χ2n) is 12.6. The molecule has 2 saturated heterocycles. The lowest BCUT2D eigenvalue weighted by Gasteiger charge is -2.37. The van der Waals surface area contributed by atoms with E-state index in [9.17, 15) is 9.59 Å². The Labute approximate surface area is 241 Å². The van der Waals surface area contributed by atoms with Crippen molar-refractivity contribution in [2.45, 2.75) is 71.6 Å². The fourth-order valence-corrected chi connectivity index (χ4v) is 5.74. The average molecular weight is 561 g/mol. The van der Waals surface area contributed by atoms with Gasteiger partial charge in [0.15, 0.2) is 0 Å². The van der Waals surface area contributed by atoms with E-state index in [1.165, 1.54) is 0 Å². The maximum atomic E-state index is 12.5. The topological polar surface area (TPSA) is 102 Å². The number of hydrogen-bond donors (Lipinski definition) is 1. The lowest BCUT2D eigenvalue weighted by Crippen LogP contribution is -2.50. The van der Waals surface area contributed by atoms with Gasteiger partial charge in [-0.3, -0.25) is 4.79 Å². The lowest BCUT2D eigenvalue weighted by atomic mass is 10.0. The summed E-state index contributed by atoms with van der Waals surface area (Å²) in [5, 5.41) is 2.91. The monoisotopic (exact) mass is 560 g/mol. The molecule has 0 bridgehead atoms. The molecule has 3 aliphatic rings. The number of benzene rings is 1. The van der Waals surface area contributed by atoms with Gasteiger partial charge >= 0.3 is 6.09 Å². The van der Waals surface area contributed by atoms with Crippen LogP contribution in [0.5, 0.6) is 5.88 Å². The summed E-state index contributed by atoms with van der Waals surface area (Å²) < 4.78 is 14.2. The Bertz CT molecular complexity index is 1470. The summed E-state index contributed by atoms with van der Waals surface area (Å²) in [6, 6.07) is 8.88. The van der Waals surface area contributed by atoms with Gasteiger partial charge in [0.1, 0.15) is 17.2 Å². The number of nitrogens with zero attached hydrogens (tertiary/aromatic N) is 5. The van der Waals surface area contributed by atoms with Gasteiger partial charge in [0.2, 0.25) is 11.8 Å². The molecule has 3 fully saturated rings. The highest BCUT2D eigenvalue weighted by Crippen LogP contribution is 2.41.